The van der Waals surface area contributed by atoms with E-state index in [0.717, 1.165) is 22.9 Å². The summed E-state index contributed by atoms with van der Waals surface area (Å²) in [4.78, 5) is 35.8. The fourth-order valence-corrected chi connectivity index (χ4v) is 3.21. The van der Waals surface area contributed by atoms with Crippen molar-refractivity contribution in [1.29, 1.82) is 0 Å². The van der Waals surface area contributed by atoms with Gasteiger partial charge in [0.15, 0.2) is 0 Å². The van der Waals surface area contributed by atoms with Gasteiger partial charge in [0, 0.05) is 23.6 Å². The first-order valence-electron chi connectivity index (χ1n) is 8.58. The minimum Gasteiger partial charge on any atom is -0.308 e. The molecule has 0 aromatic heterocycles. The van der Waals surface area contributed by atoms with Gasteiger partial charge in [-0.2, -0.15) is 0 Å². The van der Waals surface area contributed by atoms with Crippen molar-refractivity contribution in [3.8, 4) is 0 Å². The minimum absolute atomic E-state index is 0.0596. The highest BCUT2D eigenvalue weighted by atomic mass is 16.6. The summed E-state index contributed by atoms with van der Waals surface area (Å²) in [6, 6.07) is 15.0. The molecule has 0 atom stereocenters. The standard InChI is InChI=1S/C20H17N3O5/c1-3-21(18-10-6-8-14-7-4-5-9-16(14)18)20(24)17-11-15(22(25)26)12-19(13(17)2)23(27)28/h4-12H,3H2,1-2H3. The van der Waals surface area contributed by atoms with Crippen molar-refractivity contribution >= 4 is 33.7 Å². The zero-order valence-corrected chi connectivity index (χ0v) is 15.3. The summed E-state index contributed by atoms with van der Waals surface area (Å²) < 4.78 is 0. The Labute approximate surface area is 160 Å². The second kappa shape index (κ2) is 7.43. The van der Waals surface area contributed by atoms with Gasteiger partial charge in [-0.05, 0) is 25.3 Å². The lowest BCUT2D eigenvalue weighted by Gasteiger charge is -2.23. The quantitative estimate of drug-likeness (QED) is 0.474. The molecule has 0 unspecified atom stereocenters. The maximum absolute atomic E-state index is 13.3. The number of nitro benzene ring substituents is 2. The van der Waals surface area contributed by atoms with E-state index in [1.165, 1.54) is 11.8 Å². The van der Waals surface area contributed by atoms with Gasteiger partial charge < -0.3 is 4.90 Å². The molecule has 0 aliphatic rings. The molecule has 0 fully saturated rings. The molecule has 3 aromatic carbocycles. The average molecular weight is 379 g/mol. The molecule has 0 aliphatic heterocycles. The maximum Gasteiger partial charge on any atom is 0.279 e. The van der Waals surface area contributed by atoms with E-state index >= 15 is 0 Å². The van der Waals surface area contributed by atoms with Crippen LogP contribution in [0, 0.1) is 27.2 Å². The van der Waals surface area contributed by atoms with E-state index in [1.807, 2.05) is 36.4 Å². The Morgan fingerprint density at radius 2 is 1.68 bits per heavy atom. The summed E-state index contributed by atoms with van der Waals surface area (Å²) in [5.74, 6) is -0.525. The molecule has 8 nitrogen and oxygen atoms in total. The molecule has 0 radical (unpaired) electrons. The lowest BCUT2D eigenvalue weighted by atomic mass is 10.0. The molecule has 3 rings (SSSR count). The highest BCUT2D eigenvalue weighted by Crippen LogP contribution is 2.32. The molecular formula is C20H17N3O5. The van der Waals surface area contributed by atoms with Crippen LogP contribution in [0.3, 0.4) is 0 Å². The lowest BCUT2D eigenvalue weighted by molar-refractivity contribution is -0.394. The van der Waals surface area contributed by atoms with Crippen LogP contribution < -0.4 is 4.90 Å². The molecule has 1 amide bonds. The van der Waals surface area contributed by atoms with Gasteiger partial charge in [0.25, 0.3) is 17.3 Å². The molecule has 142 valence electrons. The number of hydrogen-bond donors (Lipinski definition) is 0. The number of benzene rings is 3. The highest BCUT2D eigenvalue weighted by molar-refractivity contribution is 6.12. The summed E-state index contributed by atoms with van der Waals surface area (Å²) in [5, 5.41) is 24.3. The summed E-state index contributed by atoms with van der Waals surface area (Å²) in [5.41, 5.74) is -0.268. The largest absolute Gasteiger partial charge is 0.308 e. The van der Waals surface area contributed by atoms with Crippen molar-refractivity contribution < 1.29 is 14.6 Å². The zero-order valence-electron chi connectivity index (χ0n) is 15.3. The van der Waals surface area contributed by atoms with E-state index in [2.05, 4.69) is 0 Å². The topological polar surface area (TPSA) is 107 Å². The predicted molar refractivity (Wildman–Crippen MR) is 106 cm³/mol. The Bertz CT molecular complexity index is 1100. The van der Waals surface area contributed by atoms with Crippen molar-refractivity contribution in [2.75, 3.05) is 11.4 Å². The molecule has 0 saturated carbocycles. The van der Waals surface area contributed by atoms with Crippen LogP contribution in [0.15, 0.2) is 54.6 Å². The second-order valence-corrected chi connectivity index (χ2v) is 6.20. The van der Waals surface area contributed by atoms with Crippen LogP contribution in [-0.2, 0) is 0 Å². The summed E-state index contributed by atoms with van der Waals surface area (Å²) >= 11 is 0. The lowest BCUT2D eigenvalue weighted by Crippen LogP contribution is -2.31. The van der Waals surface area contributed by atoms with E-state index in [1.54, 1.807) is 13.0 Å². The molecule has 0 bridgehead atoms. The monoisotopic (exact) mass is 379 g/mol. The van der Waals surface area contributed by atoms with Gasteiger partial charge in [0.05, 0.1) is 27.2 Å². The van der Waals surface area contributed by atoms with Crippen LogP contribution in [0.4, 0.5) is 17.1 Å². The Balaban J connectivity index is 2.19. The van der Waals surface area contributed by atoms with Crippen LogP contribution in [0.1, 0.15) is 22.8 Å². The molecule has 28 heavy (non-hydrogen) atoms. The van der Waals surface area contributed by atoms with Crippen LogP contribution in [0.5, 0.6) is 0 Å². The van der Waals surface area contributed by atoms with E-state index < -0.39 is 27.1 Å². The molecule has 0 saturated heterocycles. The molecule has 0 spiro atoms. The number of anilines is 1. The molecule has 0 N–H and O–H groups in total. The number of nitro groups is 2. The van der Waals surface area contributed by atoms with Crippen molar-refractivity contribution in [3.63, 3.8) is 0 Å². The van der Waals surface area contributed by atoms with Crippen molar-refractivity contribution in [2.45, 2.75) is 13.8 Å². The fraction of sp³-hybridized carbons (Fsp3) is 0.150. The van der Waals surface area contributed by atoms with E-state index in [9.17, 15) is 25.0 Å². The second-order valence-electron chi connectivity index (χ2n) is 6.20. The number of rotatable bonds is 5. The minimum atomic E-state index is -0.739. The van der Waals surface area contributed by atoms with Gasteiger partial charge in [-0.15, -0.1) is 0 Å². The molecule has 8 heteroatoms. The summed E-state index contributed by atoms with van der Waals surface area (Å²) in [6.45, 7) is 3.50. The first kappa shape index (κ1) is 19.0. The van der Waals surface area contributed by atoms with Crippen molar-refractivity contribution in [2.24, 2.45) is 0 Å². The zero-order chi connectivity index (χ0) is 20.4. The van der Waals surface area contributed by atoms with Gasteiger partial charge in [0.1, 0.15) is 0 Å². The number of fused-ring (bicyclic) bond motifs is 1. The average Bonchev–Trinajstić information content (AvgIpc) is 2.68. The normalized spacial score (nSPS) is 10.6. The fourth-order valence-electron chi connectivity index (χ4n) is 3.21. The van der Waals surface area contributed by atoms with Crippen LogP contribution in [-0.4, -0.2) is 22.3 Å². The highest BCUT2D eigenvalue weighted by Gasteiger charge is 2.28. The van der Waals surface area contributed by atoms with E-state index in [4.69, 9.17) is 0 Å². The van der Waals surface area contributed by atoms with E-state index in [0.29, 0.717) is 12.2 Å². The number of amides is 1. The Morgan fingerprint density at radius 1 is 1.00 bits per heavy atom. The number of hydrogen-bond acceptors (Lipinski definition) is 5. The Hall–Kier alpha value is -3.81. The summed E-state index contributed by atoms with van der Waals surface area (Å²) in [7, 11) is 0. The Morgan fingerprint density at radius 3 is 2.32 bits per heavy atom. The molecule has 3 aromatic rings. The van der Waals surface area contributed by atoms with E-state index in [-0.39, 0.29) is 11.1 Å². The molecule has 0 heterocycles. The van der Waals surface area contributed by atoms with Gasteiger partial charge in [-0.1, -0.05) is 36.4 Å². The molecule has 0 aliphatic carbocycles. The third kappa shape index (κ3) is 3.27. The smallest absolute Gasteiger partial charge is 0.279 e. The van der Waals surface area contributed by atoms with Gasteiger partial charge in [0.2, 0.25) is 0 Å². The van der Waals surface area contributed by atoms with Gasteiger partial charge in [-0.25, -0.2) is 0 Å². The predicted octanol–water partition coefficient (Wildman–Crippen LogP) is 4.63. The summed E-state index contributed by atoms with van der Waals surface area (Å²) in [6.07, 6.45) is 0. The third-order valence-corrected chi connectivity index (χ3v) is 4.62. The van der Waals surface area contributed by atoms with Crippen LogP contribution >= 0.6 is 0 Å². The van der Waals surface area contributed by atoms with Crippen molar-refractivity contribution in [1.82, 2.24) is 0 Å². The van der Waals surface area contributed by atoms with Crippen LogP contribution in [0.25, 0.3) is 10.8 Å². The first-order chi connectivity index (χ1) is 13.3. The number of carbonyl (C=O) groups excluding carboxylic acids is 1. The SMILES string of the molecule is CCN(C(=O)c1cc([N+](=O)[O-])cc([N+](=O)[O-])c1C)c1cccc2ccccc12. The maximum atomic E-state index is 13.3. The Kier molecular flexibility index (Phi) is 5.04. The number of non-ortho nitro benzene ring substituents is 1. The number of nitrogens with zero attached hydrogens (tertiary/aromatic N) is 3. The third-order valence-electron chi connectivity index (χ3n) is 4.62. The molecular weight excluding hydrogens is 362 g/mol. The van der Waals surface area contributed by atoms with Crippen molar-refractivity contribution in [3.05, 3.63) is 86.0 Å². The number of carbonyl (C=O) groups is 1. The van der Waals surface area contributed by atoms with Gasteiger partial charge in [-0.3, -0.25) is 25.0 Å². The van der Waals surface area contributed by atoms with Crippen LogP contribution in [0.2, 0.25) is 0 Å². The first-order valence-corrected chi connectivity index (χ1v) is 8.58. The van der Waals surface area contributed by atoms with Gasteiger partial charge >= 0.3 is 0 Å².